The Labute approximate surface area is 79.8 Å². The number of carbonyl (C=O) groups excluding carboxylic acids is 1. The Morgan fingerprint density at radius 2 is 1.85 bits per heavy atom. The second-order valence-corrected chi connectivity index (χ2v) is 4.88. The van der Waals surface area contributed by atoms with E-state index in [1.807, 2.05) is 4.72 Å². The normalized spacial score (nSPS) is 11.2. The molecule has 1 amide bonds. The van der Waals surface area contributed by atoms with Crippen molar-refractivity contribution < 1.29 is 13.2 Å². The molecule has 13 heavy (non-hydrogen) atoms. The lowest BCUT2D eigenvalue weighted by Crippen LogP contribution is -2.30. The summed E-state index contributed by atoms with van der Waals surface area (Å²) in [4.78, 5) is 10.5. The third-order valence-electron chi connectivity index (χ3n) is 1.57. The van der Waals surface area contributed by atoms with E-state index in [2.05, 4.69) is 6.92 Å². The van der Waals surface area contributed by atoms with Crippen LogP contribution in [0.15, 0.2) is 0 Å². The van der Waals surface area contributed by atoms with Gasteiger partial charge in [-0.25, -0.2) is 8.42 Å². The fourth-order valence-electron chi connectivity index (χ4n) is 0.989. The van der Waals surface area contributed by atoms with Crippen LogP contribution in [0, 0.1) is 0 Å². The van der Waals surface area contributed by atoms with E-state index in [1.165, 1.54) is 6.92 Å². The molecule has 0 spiro atoms. The van der Waals surface area contributed by atoms with Gasteiger partial charge in [0.05, 0.1) is 5.75 Å². The smallest absolute Gasteiger partial charge is 0.234 e. The highest BCUT2D eigenvalue weighted by Crippen LogP contribution is 2.00. The summed E-state index contributed by atoms with van der Waals surface area (Å²) in [6, 6.07) is 0. The van der Waals surface area contributed by atoms with Gasteiger partial charge in [0.1, 0.15) is 0 Å². The van der Waals surface area contributed by atoms with Gasteiger partial charge >= 0.3 is 0 Å². The van der Waals surface area contributed by atoms with Crippen LogP contribution in [0.1, 0.15) is 39.5 Å². The first-order valence-electron chi connectivity index (χ1n) is 4.49. The van der Waals surface area contributed by atoms with Gasteiger partial charge in [-0.3, -0.25) is 9.52 Å². The van der Waals surface area contributed by atoms with Gasteiger partial charge in [-0.15, -0.1) is 0 Å². The van der Waals surface area contributed by atoms with Gasteiger partial charge in [0.15, 0.2) is 0 Å². The van der Waals surface area contributed by atoms with Crippen molar-refractivity contribution in [3.8, 4) is 0 Å². The average molecular weight is 207 g/mol. The van der Waals surface area contributed by atoms with E-state index >= 15 is 0 Å². The largest absolute Gasteiger partial charge is 0.274 e. The average Bonchev–Trinajstić information content (AvgIpc) is 1.95. The topological polar surface area (TPSA) is 63.2 Å². The number of sulfonamides is 1. The highest BCUT2D eigenvalue weighted by Gasteiger charge is 2.10. The quantitative estimate of drug-likeness (QED) is 0.662. The van der Waals surface area contributed by atoms with Crippen molar-refractivity contribution in [2.24, 2.45) is 0 Å². The van der Waals surface area contributed by atoms with Gasteiger partial charge in [-0.05, 0) is 6.42 Å². The van der Waals surface area contributed by atoms with Crippen molar-refractivity contribution in [1.29, 1.82) is 0 Å². The van der Waals surface area contributed by atoms with Crippen molar-refractivity contribution in [2.75, 3.05) is 5.75 Å². The van der Waals surface area contributed by atoms with Gasteiger partial charge < -0.3 is 0 Å². The zero-order valence-corrected chi connectivity index (χ0v) is 8.99. The monoisotopic (exact) mass is 207 g/mol. The Balaban J connectivity index is 3.71. The molecule has 0 unspecified atom stereocenters. The zero-order chi connectivity index (χ0) is 10.3. The first-order valence-corrected chi connectivity index (χ1v) is 6.14. The van der Waals surface area contributed by atoms with Crippen LogP contribution in [0.4, 0.5) is 0 Å². The van der Waals surface area contributed by atoms with Gasteiger partial charge in [-0.2, -0.15) is 0 Å². The lowest BCUT2D eigenvalue weighted by atomic mass is 10.2. The molecule has 0 bridgehead atoms. The van der Waals surface area contributed by atoms with Gasteiger partial charge in [0.2, 0.25) is 15.9 Å². The Bertz CT molecular complexity index is 246. The van der Waals surface area contributed by atoms with E-state index in [0.29, 0.717) is 6.42 Å². The Hall–Kier alpha value is -0.580. The molecule has 5 heteroatoms. The first kappa shape index (κ1) is 12.4. The molecule has 0 aromatic heterocycles. The minimum absolute atomic E-state index is 0.0482. The van der Waals surface area contributed by atoms with Crippen LogP contribution in [0.25, 0.3) is 0 Å². The summed E-state index contributed by atoms with van der Waals surface area (Å²) in [6.45, 7) is 3.26. The van der Waals surface area contributed by atoms with E-state index in [1.54, 1.807) is 0 Å². The molecule has 0 aliphatic heterocycles. The SMILES string of the molecule is CCCCCCS(=O)(=O)NC(C)=O. The maximum atomic E-state index is 11.1. The lowest BCUT2D eigenvalue weighted by molar-refractivity contribution is -0.117. The number of nitrogens with one attached hydrogen (secondary N) is 1. The molecule has 0 fully saturated rings. The second-order valence-electron chi connectivity index (χ2n) is 3.04. The summed E-state index contributed by atoms with van der Waals surface area (Å²) < 4.78 is 24.1. The van der Waals surface area contributed by atoms with E-state index in [4.69, 9.17) is 0 Å². The second kappa shape index (κ2) is 5.96. The summed E-state index contributed by atoms with van der Waals surface area (Å²) in [5.41, 5.74) is 0. The van der Waals surface area contributed by atoms with Crippen LogP contribution < -0.4 is 4.72 Å². The fraction of sp³-hybridized carbons (Fsp3) is 0.875. The van der Waals surface area contributed by atoms with Crippen LogP contribution in [0.5, 0.6) is 0 Å². The molecule has 0 saturated carbocycles. The molecule has 0 aliphatic rings. The molecule has 1 N–H and O–H groups in total. The number of hydrogen-bond acceptors (Lipinski definition) is 3. The van der Waals surface area contributed by atoms with Crippen molar-refractivity contribution in [3.63, 3.8) is 0 Å². The third-order valence-corrected chi connectivity index (χ3v) is 2.99. The molecule has 78 valence electrons. The fourth-order valence-corrected chi connectivity index (χ4v) is 2.11. The molecule has 0 rings (SSSR count). The first-order chi connectivity index (χ1) is 5.98. The van der Waals surface area contributed by atoms with Gasteiger partial charge in [-0.1, -0.05) is 26.2 Å². The predicted octanol–water partition coefficient (Wildman–Crippen LogP) is 1.03. The third kappa shape index (κ3) is 7.77. The van der Waals surface area contributed by atoms with Crippen LogP contribution >= 0.6 is 0 Å². The van der Waals surface area contributed by atoms with Gasteiger partial charge in [0, 0.05) is 6.92 Å². The van der Waals surface area contributed by atoms with Crippen molar-refractivity contribution in [3.05, 3.63) is 0 Å². The highest BCUT2D eigenvalue weighted by molar-refractivity contribution is 7.90. The Morgan fingerprint density at radius 3 is 2.31 bits per heavy atom. The van der Waals surface area contributed by atoms with Crippen LogP contribution in [0.3, 0.4) is 0 Å². The predicted molar refractivity (Wildman–Crippen MR) is 51.7 cm³/mol. The summed E-state index contributed by atoms with van der Waals surface area (Å²) in [5, 5.41) is 0. The molecule has 0 aromatic rings. The van der Waals surface area contributed by atoms with Crippen LogP contribution in [-0.4, -0.2) is 20.1 Å². The van der Waals surface area contributed by atoms with E-state index in [0.717, 1.165) is 19.3 Å². The number of carbonyl (C=O) groups is 1. The molecule has 0 saturated heterocycles. The summed E-state index contributed by atoms with van der Waals surface area (Å²) >= 11 is 0. The van der Waals surface area contributed by atoms with E-state index in [9.17, 15) is 13.2 Å². The molecular formula is C8H17NO3S. The van der Waals surface area contributed by atoms with Crippen LogP contribution in [-0.2, 0) is 14.8 Å². The molecule has 0 heterocycles. The van der Waals surface area contributed by atoms with Crippen LogP contribution in [0.2, 0.25) is 0 Å². The van der Waals surface area contributed by atoms with Crippen molar-refractivity contribution >= 4 is 15.9 Å². The molecular weight excluding hydrogens is 190 g/mol. The van der Waals surface area contributed by atoms with E-state index < -0.39 is 15.9 Å². The number of unbranched alkanes of at least 4 members (excludes halogenated alkanes) is 3. The number of hydrogen-bond donors (Lipinski definition) is 1. The number of rotatable bonds is 6. The maximum absolute atomic E-state index is 11.1. The van der Waals surface area contributed by atoms with Crippen molar-refractivity contribution in [1.82, 2.24) is 4.72 Å². The number of amides is 1. The van der Waals surface area contributed by atoms with E-state index in [-0.39, 0.29) is 5.75 Å². The van der Waals surface area contributed by atoms with Crippen molar-refractivity contribution in [2.45, 2.75) is 39.5 Å². The minimum Gasteiger partial charge on any atom is -0.274 e. The summed E-state index contributed by atoms with van der Waals surface area (Å²) in [5.74, 6) is -0.470. The molecule has 0 atom stereocenters. The highest BCUT2D eigenvalue weighted by atomic mass is 32.2. The Morgan fingerprint density at radius 1 is 1.23 bits per heavy atom. The molecule has 0 aromatic carbocycles. The molecule has 0 radical (unpaired) electrons. The lowest BCUT2D eigenvalue weighted by Gasteiger charge is -2.03. The molecule has 0 aliphatic carbocycles. The zero-order valence-electron chi connectivity index (χ0n) is 8.17. The maximum Gasteiger partial charge on any atom is 0.234 e. The standard InChI is InChI=1S/C8H17NO3S/c1-3-4-5-6-7-13(11,12)9-8(2)10/h3-7H2,1-2H3,(H,9,10). The summed E-state index contributed by atoms with van der Waals surface area (Å²) in [6.07, 6.45) is 3.63. The summed E-state index contributed by atoms with van der Waals surface area (Å²) in [7, 11) is -3.36. The minimum atomic E-state index is -3.36. The van der Waals surface area contributed by atoms with Gasteiger partial charge in [0.25, 0.3) is 0 Å². The Kier molecular flexibility index (Phi) is 5.70. The molecule has 4 nitrogen and oxygen atoms in total.